The summed E-state index contributed by atoms with van der Waals surface area (Å²) in [6, 6.07) is -0.217. The quantitative estimate of drug-likeness (QED) is 0.703. The highest BCUT2D eigenvalue weighted by Gasteiger charge is 2.10. The van der Waals surface area contributed by atoms with Gasteiger partial charge in [0.25, 0.3) is 0 Å². The van der Waals surface area contributed by atoms with Gasteiger partial charge in [-0.2, -0.15) is 4.37 Å². The summed E-state index contributed by atoms with van der Waals surface area (Å²) in [5.41, 5.74) is 7.32. The molecule has 0 fully saturated rings. The molecule has 1 heterocycles. The zero-order valence-electron chi connectivity index (χ0n) is 8.26. The highest BCUT2D eigenvalue weighted by Crippen LogP contribution is 2.23. The minimum atomic E-state index is -0.217. The van der Waals surface area contributed by atoms with Crippen molar-refractivity contribution in [2.24, 2.45) is 5.73 Å². The Kier molecular flexibility index (Phi) is 3.84. The topological polar surface area (TPSA) is 80.0 Å². The normalized spacial score (nSPS) is 9.93. The zero-order chi connectivity index (χ0) is 10.6. The van der Waals surface area contributed by atoms with Crippen molar-refractivity contribution < 1.29 is 4.79 Å². The van der Waals surface area contributed by atoms with E-state index in [1.54, 1.807) is 0 Å². The van der Waals surface area contributed by atoms with Crippen LogP contribution in [0.5, 0.6) is 0 Å². The summed E-state index contributed by atoms with van der Waals surface area (Å²) < 4.78 is 4.12. The summed E-state index contributed by atoms with van der Waals surface area (Å²) in [4.78, 5) is 11.2. The Balaban J connectivity index is 2.71. The lowest BCUT2D eigenvalue weighted by Gasteiger charge is -2.04. The third kappa shape index (κ3) is 2.43. The van der Waals surface area contributed by atoms with Crippen LogP contribution < -0.4 is 16.4 Å². The van der Waals surface area contributed by atoms with Crippen LogP contribution in [0.1, 0.15) is 18.2 Å². The molecule has 4 N–H and O–H groups in total. The van der Waals surface area contributed by atoms with E-state index in [9.17, 15) is 4.79 Å². The van der Waals surface area contributed by atoms with Crippen LogP contribution in [0.15, 0.2) is 0 Å². The highest BCUT2D eigenvalue weighted by atomic mass is 32.1. The molecule has 0 aliphatic carbocycles. The van der Waals surface area contributed by atoms with Crippen molar-refractivity contribution in [2.75, 3.05) is 11.9 Å². The molecule has 78 valence electrons. The Hall–Kier alpha value is -1.14. The number of carbonyl (C=O) groups is 1. The molecule has 1 rings (SSSR count). The summed E-state index contributed by atoms with van der Waals surface area (Å²) in [6.07, 6.45) is 0. The lowest BCUT2D eigenvalue weighted by molar-refractivity contribution is 0.252. The Labute approximate surface area is 86.9 Å². The number of aryl methyl sites for hydroxylation is 1. The predicted molar refractivity (Wildman–Crippen MR) is 57.4 cm³/mol. The first-order chi connectivity index (χ1) is 6.69. The molecule has 0 radical (unpaired) electrons. The van der Waals surface area contributed by atoms with Gasteiger partial charge in [-0.25, -0.2) is 4.79 Å². The largest absolute Gasteiger partial charge is 0.338 e. The Morgan fingerprint density at radius 2 is 2.36 bits per heavy atom. The standard InChI is InChI=1S/C8H14N4OS/c1-3-10-8(13)11-7-6(4-9)5(2)12-14-7/h3-4,9H2,1-2H3,(H2,10,11,13). The Morgan fingerprint density at radius 3 is 2.93 bits per heavy atom. The van der Waals surface area contributed by atoms with Crippen LogP contribution in [0.4, 0.5) is 9.80 Å². The number of amides is 2. The number of anilines is 1. The fraction of sp³-hybridized carbons (Fsp3) is 0.500. The second-order valence-electron chi connectivity index (χ2n) is 2.76. The van der Waals surface area contributed by atoms with E-state index in [1.165, 1.54) is 11.5 Å². The summed E-state index contributed by atoms with van der Waals surface area (Å²) in [6.45, 7) is 4.73. The number of carbonyl (C=O) groups excluding carboxylic acids is 1. The van der Waals surface area contributed by atoms with E-state index in [-0.39, 0.29) is 6.03 Å². The van der Waals surface area contributed by atoms with Crippen molar-refractivity contribution >= 4 is 22.6 Å². The number of urea groups is 1. The average molecular weight is 214 g/mol. The lowest BCUT2D eigenvalue weighted by Crippen LogP contribution is -2.28. The first-order valence-electron chi connectivity index (χ1n) is 4.39. The van der Waals surface area contributed by atoms with E-state index >= 15 is 0 Å². The van der Waals surface area contributed by atoms with Gasteiger partial charge in [-0.15, -0.1) is 0 Å². The maximum atomic E-state index is 11.2. The molecule has 1 aromatic rings. The van der Waals surface area contributed by atoms with Gasteiger partial charge in [0.1, 0.15) is 5.00 Å². The van der Waals surface area contributed by atoms with Crippen LogP contribution in [0, 0.1) is 6.92 Å². The van der Waals surface area contributed by atoms with Gasteiger partial charge in [0, 0.05) is 18.7 Å². The van der Waals surface area contributed by atoms with Gasteiger partial charge < -0.3 is 11.1 Å². The van der Waals surface area contributed by atoms with E-state index in [0.29, 0.717) is 13.1 Å². The second kappa shape index (κ2) is 4.92. The number of nitrogens with one attached hydrogen (secondary N) is 2. The molecule has 2 amide bonds. The number of hydrogen-bond acceptors (Lipinski definition) is 4. The Morgan fingerprint density at radius 1 is 1.64 bits per heavy atom. The van der Waals surface area contributed by atoms with E-state index < -0.39 is 0 Å². The summed E-state index contributed by atoms with van der Waals surface area (Å²) in [7, 11) is 0. The molecule has 0 unspecified atom stereocenters. The fourth-order valence-corrected chi connectivity index (χ4v) is 1.85. The predicted octanol–water partition coefficient (Wildman–Crippen LogP) is 1.05. The van der Waals surface area contributed by atoms with Gasteiger partial charge in [-0.3, -0.25) is 5.32 Å². The van der Waals surface area contributed by atoms with Crippen molar-refractivity contribution in [1.29, 1.82) is 0 Å². The summed E-state index contributed by atoms with van der Waals surface area (Å²) in [5.74, 6) is 0. The van der Waals surface area contributed by atoms with Crippen LogP contribution in [0.3, 0.4) is 0 Å². The van der Waals surface area contributed by atoms with E-state index in [2.05, 4.69) is 15.0 Å². The number of nitrogens with two attached hydrogens (primary N) is 1. The van der Waals surface area contributed by atoms with Gasteiger partial charge in [0.15, 0.2) is 0 Å². The third-order valence-electron chi connectivity index (χ3n) is 1.75. The maximum Gasteiger partial charge on any atom is 0.319 e. The number of nitrogens with zero attached hydrogens (tertiary/aromatic N) is 1. The van der Waals surface area contributed by atoms with Crippen LogP contribution in [0.2, 0.25) is 0 Å². The summed E-state index contributed by atoms with van der Waals surface area (Å²) >= 11 is 1.25. The zero-order valence-corrected chi connectivity index (χ0v) is 9.07. The van der Waals surface area contributed by atoms with Crippen LogP contribution >= 0.6 is 11.5 Å². The molecular formula is C8H14N4OS. The molecule has 0 aliphatic rings. The first kappa shape index (κ1) is 10.9. The van der Waals surface area contributed by atoms with E-state index in [0.717, 1.165) is 16.3 Å². The van der Waals surface area contributed by atoms with Gasteiger partial charge in [0.2, 0.25) is 0 Å². The first-order valence-corrected chi connectivity index (χ1v) is 5.16. The molecule has 0 aromatic carbocycles. The third-order valence-corrected chi connectivity index (χ3v) is 2.65. The smallest absolute Gasteiger partial charge is 0.319 e. The molecule has 0 aliphatic heterocycles. The van der Waals surface area contributed by atoms with E-state index in [4.69, 9.17) is 5.73 Å². The monoisotopic (exact) mass is 214 g/mol. The lowest BCUT2D eigenvalue weighted by atomic mass is 10.2. The minimum Gasteiger partial charge on any atom is -0.338 e. The fourth-order valence-electron chi connectivity index (χ4n) is 1.04. The SMILES string of the molecule is CCNC(=O)Nc1snc(C)c1CN. The molecule has 1 aromatic heterocycles. The molecule has 6 heteroatoms. The van der Waals surface area contributed by atoms with Gasteiger partial charge >= 0.3 is 6.03 Å². The van der Waals surface area contributed by atoms with Gasteiger partial charge in [0.05, 0.1) is 5.69 Å². The van der Waals surface area contributed by atoms with Crippen LogP contribution in [-0.2, 0) is 6.54 Å². The van der Waals surface area contributed by atoms with Gasteiger partial charge in [-0.1, -0.05) is 0 Å². The average Bonchev–Trinajstić information content (AvgIpc) is 2.47. The van der Waals surface area contributed by atoms with E-state index in [1.807, 2.05) is 13.8 Å². The van der Waals surface area contributed by atoms with Crippen molar-refractivity contribution in [3.63, 3.8) is 0 Å². The summed E-state index contributed by atoms with van der Waals surface area (Å²) in [5, 5.41) is 6.08. The molecule has 0 atom stereocenters. The number of hydrogen-bond donors (Lipinski definition) is 3. The van der Waals surface area contributed by atoms with Crippen molar-refractivity contribution in [1.82, 2.24) is 9.69 Å². The Bertz CT molecular complexity index is 323. The van der Waals surface area contributed by atoms with Gasteiger partial charge in [-0.05, 0) is 25.4 Å². The molecule has 14 heavy (non-hydrogen) atoms. The number of aromatic nitrogens is 1. The highest BCUT2D eigenvalue weighted by molar-refractivity contribution is 7.10. The van der Waals surface area contributed by atoms with Crippen molar-refractivity contribution in [3.05, 3.63) is 11.3 Å². The molecule has 0 saturated carbocycles. The maximum absolute atomic E-state index is 11.2. The van der Waals surface area contributed by atoms with Crippen molar-refractivity contribution in [2.45, 2.75) is 20.4 Å². The molecule has 5 nitrogen and oxygen atoms in total. The van der Waals surface area contributed by atoms with Crippen LogP contribution in [0.25, 0.3) is 0 Å². The van der Waals surface area contributed by atoms with Crippen LogP contribution in [-0.4, -0.2) is 16.9 Å². The van der Waals surface area contributed by atoms with Crippen molar-refractivity contribution in [3.8, 4) is 0 Å². The molecule has 0 bridgehead atoms. The molecular weight excluding hydrogens is 200 g/mol. The molecule has 0 spiro atoms. The number of rotatable bonds is 3. The minimum absolute atomic E-state index is 0.217. The molecule has 0 saturated heterocycles. The second-order valence-corrected chi connectivity index (χ2v) is 3.54.